The van der Waals surface area contributed by atoms with E-state index in [1.807, 2.05) is 24.3 Å². The second kappa shape index (κ2) is 6.51. The molecular weight excluding hydrogens is 302 g/mol. The van der Waals surface area contributed by atoms with E-state index in [1.54, 1.807) is 6.26 Å². The number of amides is 1. The summed E-state index contributed by atoms with van der Waals surface area (Å²) in [5, 5.41) is 2.96. The summed E-state index contributed by atoms with van der Waals surface area (Å²) in [5.74, 6) is 1.99. The number of rotatable bonds is 4. The molecule has 124 valence electrons. The molecule has 1 N–H and O–H groups in total. The van der Waals surface area contributed by atoms with E-state index in [-0.39, 0.29) is 5.91 Å². The summed E-state index contributed by atoms with van der Waals surface area (Å²) in [4.78, 5) is 16.9. The van der Waals surface area contributed by atoms with Crippen LogP contribution < -0.4 is 5.32 Å². The third-order valence-corrected chi connectivity index (χ3v) is 4.57. The SMILES string of the molecule is O=C(CCc1ccco1)Nc1ccc2c(c1)nc1n2CCCCC1. The van der Waals surface area contributed by atoms with Gasteiger partial charge in [-0.1, -0.05) is 6.42 Å². The van der Waals surface area contributed by atoms with Crippen LogP contribution in [-0.4, -0.2) is 15.5 Å². The molecule has 24 heavy (non-hydrogen) atoms. The van der Waals surface area contributed by atoms with Crippen molar-refractivity contribution in [2.24, 2.45) is 0 Å². The summed E-state index contributed by atoms with van der Waals surface area (Å²) in [5.41, 5.74) is 2.94. The highest BCUT2D eigenvalue weighted by atomic mass is 16.3. The standard InChI is InChI=1S/C19H21N3O2/c23-19(10-8-15-5-4-12-24-15)20-14-7-9-17-16(13-14)21-18-6-2-1-3-11-22(17)18/h4-5,7,9,12-13H,1-3,6,8,10-11H2,(H,20,23). The first-order valence-electron chi connectivity index (χ1n) is 8.61. The van der Waals surface area contributed by atoms with Crippen molar-refractivity contribution in [3.8, 4) is 0 Å². The van der Waals surface area contributed by atoms with E-state index in [4.69, 9.17) is 9.40 Å². The number of fused-ring (bicyclic) bond motifs is 3. The molecule has 1 amide bonds. The lowest BCUT2D eigenvalue weighted by molar-refractivity contribution is -0.116. The molecule has 0 unspecified atom stereocenters. The number of anilines is 1. The van der Waals surface area contributed by atoms with Crippen LogP contribution in [0.1, 0.15) is 37.3 Å². The number of hydrogen-bond acceptors (Lipinski definition) is 3. The number of aryl methyl sites for hydroxylation is 3. The van der Waals surface area contributed by atoms with Crippen molar-refractivity contribution in [2.45, 2.75) is 45.1 Å². The Bertz CT molecular complexity index is 849. The van der Waals surface area contributed by atoms with Gasteiger partial charge in [0.25, 0.3) is 0 Å². The van der Waals surface area contributed by atoms with E-state index in [1.165, 1.54) is 30.6 Å². The minimum atomic E-state index is -0.00785. The van der Waals surface area contributed by atoms with E-state index >= 15 is 0 Å². The molecule has 0 bridgehead atoms. The monoisotopic (exact) mass is 323 g/mol. The zero-order chi connectivity index (χ0) is 16.4. The largest absolute Gasteiger partial charge is 0.469 e. The zero-order valence-corrected chi connectivity index (χ0v) is 13.6. The van der Waals surface area contributed by atoms with Gasteiger partial charge in [-0.15, -0.1) is 0 Å². The fourth-order valence-corrected chi connectivity index (χ4v) is 3.34. The number of furan rings is 1. The smallest absolute Gasteiger partial charge is 0.224 e. The van der Waals surface area contributed by atoms with Gasteiger partial charge in [-0.2, -0.15) is 0 Å². The molecule has 0 fully saturated rings. The number of imidazole rings is 1. The van der Waals surface area contributed by atoms with Gasteiger partial charge in [-0.05, 0) is 43.2 Å². The van der Waals surface area contributed by atoms with E-state index in [2.05, 4.69) is 16.0 Å². The fourth-order valence-electron chi connectivity index (χ4n) is 3.34. The number of nitrogens with zero attached hydrogens (tertiary/aromatic N) is 2. The maximum Gasteiger partial charge on any atom is 0.224 e. The normalized spacial score (nSPS) is 14.3. The Kier molecular flexibility index (Phi) is 4.07. The Balaban J connectivity index is 1.47. The molecule has 0 atom stereocenters. The predicted octanol–water partition coefficient (Wildman–Crippen LogP) is 3.93. The fraction of sp³-hybridized carbons (Fsp3) is 0.368. The number of nitrogens with one attached hydrogen (secondary N) is 1. The quantitative estimate of drug-likeness (QED) is 0.791. The van der Waals surface area contributed by atoms with Crippen LogP contribution in [0.25, 0.3) is 11.0 Å². The van der Waals surface area contributed by atoms with Crippen LogP contribution in [0.3, 0.4) is 0 Å². The summed E-state index contributed by atoms with van der Waals surface area (Å²) >= 11 is 0. The minimum absolute atomic E-state index is 0.00785. The summed E-state index contributed by atoms with van der Waals surface area (Å²) in [7, 11) is 0. The van der Waals surface area contributed by atoms with Crippen LogP contribution in [0, 0.1) is 0 Å². The Morgan fingerprint density at radius 2 is 2.21 bits per heavy atom. The average Bonchev–Trinajstić information content (AvgIpc) is 3.15. The molecule has 0 saturated heterocycles. The maximum atomic E-state index is 12.1. The molecule has 0 spiro atoms. The third kappa shape index (κ3) is 3.07. The van der Waals surface area contributed by atoms with Crippen molar-refractivity contribution in [1.29, 1.82) is 0 Å². The Hall–Kier alpha value is -2.56. The molecule has 3 heterocycles. The van der Waals surface area contributed by atoms with Gasteiger partial charge in [-0.25, -0.2) is 4.98 Å². The van der Waals surface area contributed by atoms with Gasteiger partial charge in [0, 0.05) is 31.5 Å². The van der Waals surface area contributed by atoms with Crippen LogP contribution in [0.4, 0.5) is 5.69 Å². The molecular formula is C19H21N3O2. The van der Waals surface area contributed by atoms with Gasteiger partial charge in [0.1, 0.15) is 11.6 Å². The maximum absolute atomic E-state index is 12.1. The van der Waals surface area contributed by atoms with Crippen molar-refractivity contribution in [1.82, 2.24) is 9.55 Å². The first-order valence-corrected chi connectivity index (χ1v) is 8.61. The van der Waals surface area contributed by atoms with Crippen LogP contribution in [-0.2, 0) is 24.2 Å². The number of aromatic nitrogens is 2. The lowest BCUT2D eigenvalue weighted by atomic mass is 10.2. The van der Waals surface area contributed by atoms with Crippen molar-refractivity contribution >= 4 is 22.6 Å². The van der Waals surface area contributed by atoms with Crippen molar-refractivity contribution in [2.75, 3.05) is 5.32 Å². The molecule has 1 aliphatic rings. The first kappa shape index (κ1) is 15.0. The van der Waals surface area contributed by atoms with Crippen molar-refractivity contribution in [3.63, 3.8) is 0 Å². The van der Waals surface area contributed by atoms with Gasteiger partial charge in [-0.3, -0.25) is 4.79 Å². The van der Waals surface area contributed by atoms with Gasteiger partial charge < -0.3 is 14.3 Å². The van der Waals surface area contributed by atoms with E-state index in [0.717, 1.165) is 29.9 Å². The number of hydrogen-bond donors (Lipinski definition) is 1. The first-order chi connectivity index (χ1) is 11.8. The van der Waals surface area contributed by atoms with Crippen molar-refractivity contribution < 1.29 is 9.21 Å². The minimum Gasteiger partial charge on any atom is -0.469 e. The number of carbonyl (C=O) groups excluding carboxylic acids is 1. The lowest BCUT2D eigenvalue weighted by Gasteiger charge is -2.06. The van der Waals surface area contributed by atoms with Crippen LogP contribution in [0.15, 0.2) is 41.0 Å². The van der Waals surface area contributed by atoms with E-state index < -0.39 is 0 Å². The molecule has 4 rings (SSSR count). The highest BCUT2D eigenvalue weighted by Gasteiger charge is 2.14. The molecule has 5 nitrogen and oxygen atoms in total. The van der Waals surface area contributed by atoms with E-state index in [0.29, 0.717) is 12.8 Å². The molecule has 0 saturated carbocycles. The van der Waals surface area contributed by atoms with Gasteiger partial charge in [0.05, 0.1) is 17.3 Å². The van der Waals surface area contributed by atoms with Gasteiger partial charge in [0.15, 0.2) is 0 Å². The Morgan fingerprint density at radius 1 is 1.25 bits per heavy atom. The molecule has 5 heteroatoms. The number of benzene rings is 1. The number of carbonyl (C=O) groups is 1. The highest BCUT2D eigenvalue weighted by molar-refractivity contribution is 5.93. The van der Waals surface area contributed by atoms with Gasteiger partial charge >= 0.3 is 0 Å². The molecule has 2 aromatic heterocycles. The molecule has 1 aliphatic heterocycles. The third-order valence-electron chi connectivity index (χ3n) is 4.57. The predicted molar refractivity (Wildman–Crippen MR) is 92.9 cm³/mol. The van der Waals surface area contributed by atoms with Crippen LogP contribution in [0.2, 0.25) is 0 Å². The van der Waals surface area contributed by atoms with Crippen LogP contribution >= 0.6 is 0 Å². The second-order valence-corrected chi connectivity index (χ2v) is 6.32. The second-order valence-electron chi connectivity index (χ2n) is 6.32. The molecule has 0 aliphatic carbocycles. The lowest BCUT2D eigenvalue weighted by Crippen LogP contribution is -2.12. The average molecular weight is 323 g/mol. The highest BCUT2D eigenvalue weighted by Crippen LogP contribution is 2.24. The Labute approximate surface area is 140 Å². The zero-order valence-electron chi connectivity index (χ0n) is 13.6. The molecule has 0 radical (unpaired) electrons. The molecule has 3 aromatic rings. The van der Waals surface area contributed by atoms with E-state index in [9.17, 15) is 4.79 Å². The summed E-state index contributed by atoms with van der Waals surface area (Å²) < 4.78 is 7.58. The molecule has 1 aromatic carbocycles. The summed E-state index contributed by atoms with van der Waals surface area (Å²) in [6, 6.07) is 9.73. The summed E-state index contributed by atoms with van der Waals surface area (Å²) in [6.07, 6.45) is 7.38. The summed E-state index contributed by atoms with van der Waals surface area (Å²) in [6.45, 7) is 1.04. The van der Waals surface area contributed by atoms with Crippen molar-refractivity contribution in [3.05, 3.63) is 48.2 Å². The van der Waals surface area contributed by atoms with Gasteiger partial charge in [0.2, 0.25) is 5.91 Å². The Morgan fingerprint density at radius 3 is 3.08 bits per heavy atom. The topological polar surface area (TPSA) is 60.1 Å². The van der Waals surface area contributed by atoms with Crippen LogP contribution in [0.5, 0.6) is 0 Å².